The summed E-state index contributed by atoms with van der Waals surface area (Å²) in [4.78, 5) is 39.1. The molecule has 2 N–H and O–H groups in total. The summed E-state index contributed by atoms with van der Waals surface area (Å²) in [6, 6.07) is 17.6. The van der Waals surface area contributed by atoms with Crippen molar-refractivity contribution in [1.82, 2.24) is 25.5 Å². The lowest BCUT2D eigenvalue weighted by molar-refractivity contribution is 0.0715. The molecule has 5 rings (SSSR count). The molecule has 1 atom stereocenters. The summed E-state index contributed by atoms with van der Waals surface area (Å²) in [6.45, 7) is 10.9. The molecule has 1 aliphatic heterocycles. The Balaban J connectivity index is 0.000000606. The summed E-state index contributed by atoms with van der Waals surface area (Å²) in [5.74, 6) is 0.704. The Morgan fingerprint density at radius 1 is 1.02 bits per heavy atom. The van der Waals surface area contributed by atoms with Crippen LogP contribution in [0.1, 0.15) is 94.1 Å². The summed E-state index contributed by atoms with van der Waals surface area (Å²) >= 11 is 0. The zero-order valence-corrected chi connectivity index (χ0v) is 28.0. The van der Waals surface area contributed by atoms with Crippen LogP contribution in [0, 0.1) is 13.8 Å². The van der Waals surface area contributed by atoms with Crippen molar-refractivity contribution < 1.29 is 14.0 Å². The first-order valence-electron chi connectivity index (χ1n) is 16.1. The predicted molar refractivity (Wildman–Crippen MR) is 183 cm³/mol. The molecule has 1 saturated heterocycles. The van der Waals surface area contributed by atoms with E-state index in [4.69, 9.17) is 4.42 Å². The Kier molecular flexibility index (Phi) is 12.5. The smallest absolute Gasteiger partial charge is 0.254 e. The third kappa shape index (κ3) is 9.75. The van der Waals surface area contributed by atoms with Gasteiger partial charge in [-0.3, -0.25) is 14.6 Å². The normalized spacial score (nSPS) is 14.2. The van der Waals surface area contributed by atoms with E-state index in [0.29, 0.717) is 36.0 Å². The fourth-order valence-corrected chi connectivity index (χ4v) is 5.29. The van der Waals surface area contributed by atoms with E-state index in [1.54, 1.807) is 17.2 Å². The zero-order chi connectivity index (χ0) is 33.1. The number of nitrogens with one attached hydrogen (secondary N) is 2. The van der Waals surface area contributed by atoms with Gasteiger partial charge in [-0.15, -0.1) is 0 Å². The minimum Gasteiger partial charge on any atom is -0.446 e. The second kappa shape index (κ2) is 16.7. The number of likely N-dealkylation sites (tertiary alicyclic amines) is 1. The van der Waals surface area contributed by atoms with Gasteiger partial charge in [0.1, 0.15) is 12.3 Å². The zero-order valence-electron chi connectivity index (χ0n) is 28.0. The lowest BCUT2D eigenvalue weighted by Gasteiger charge is -2.24. The van der Waals surface area contributed by atoms with E-state index in [1.807, 2.05) is 68.6 Å². The Hall–Kier alpha value is -4.50. The van der Waals surface area contributed by atoms with E-state index in [9.17, 15) is 9.59 Å². The number of hydrogen-bond donors (Lipinski definition) is 2. The highest BCUT2D eigenvalue weighted by Gasteiger charge is 2.34. The lowest BCUT2D eigenvalue weighted by atomic mass is 10.0. The van der Waals surface area contributed by atoms with E-state index < -0.39 is 0 Å². The second-order valence-corrected chi connectivity index (χ2v) is 12.4. The fraction of sp³-hybridized carbons (Fsp3) is 0.405. The second-order valence-electron chi connectivity index (χ2n) is 12.4. The summed E-state index contributed by atoms with van der Waals surface area (Å²) in [7, 11) is 3.80. The number of amides is 2. The van der Waals surface area contributed by atoms with E-state index >= 15 is 0 Å². The quantitative estimate of drug-likeness (QED) is 0.185. The molecule has 2 aromatic heterocycles. The molecule has 1 unspecified atom stereocenters. The molecular weight excluding hydrogens is 576 g/mol. The van der Waals surface area contributed by atoms with Crippen LogP contribution in [0.2, 0.25) is 0 Å². The van der Waals surface area contributed by atoms with Crippen LogP contribution in [0.25, 0.3) is 0 Å². The Labute approximate surface area is 273 Å². The van der Waals surface area contributed by atoms with E-state index in [0.717, 1.165) is 49.3 Å². The van der Waals surface area contributed by atoms with Crippen molar-refractivity contribution in [3.05, 3.63) is 113 Å². The first kappa shape index (κ1) is 34.4. The van der Waals surface area contributed by atoms with Crippen LogP contribution in [-0.4, -0.2) is 60.4 Å². The molecule has 1 aliphatic rings. The van der Waals surface area contributed by atoms with Gasteiger partial charge in [-0.2, -0.15) is 0 Å². The largest absolute Gasteiger partial charge is 0.446 e. The number of nitrogens with zero attached hydrogens (tertiary/aromatic N) is 4. The van der Waals surface area contributed by atoms with Gasteiger partial charge in [0.15, 0.2) is 0 Å². The number of carbonyl (C=O) groups excluding carboxylic acids is 2. The van der Waals surface area contributed by atoms with Crippen molar-refractivity contribution in [2.45, 2.75) is 65.5 Å². The standard InChI is InChI=1S/C30H40N6O3.C7H8/c1-20(2)25-12-22(17-32-18-25)16-31-9-7-10-33-28(37)23-13-24(15-26(14-23)35(4)5)30(38)36-11-6-8-27(36)29-34-21(3)19-39-29;1-7-5-3-2-4-6-7/h12-15,17-20,27,31H,6-11,16H2,1-5H3,(H,33,37);2-6H,1H3. The molecule has 1 fully saturated rings. The van der Waals surface area contributed by atoms with Crippen molar-refractivity contribution >= 4 is 17.5 Å². The first-order chi connectivity index (χ1) is 22.1. The number of aromatic nitrogens is 2. The van der Waals surface area contributed by atoms with Crippen LogP contribution in [0.5, 0.6) is 0 Å². The van der Waals surface area contributed by atoms with Crippen LogP contribution in [0.3, 0.4) is 0 Å². The van der Waals surface area contributed by atoms with Crippen LogP contribution >= 0.6 is 0 Å². The Bertz CT molecular complexity index is 1570. The third-order valence-electron chi connectivity index (χ3n) is 7.95. The predicted octanol–water partition coefficient (Wildman–Crippen LogP) is 6.45. The number of aryl methyl sites for hydroxylation is 2. The monoisotopic (exact) mass is 624 g/mol. The maximum atomic E-state index is 13.6. The van der Waals surface area contributed by atoms with Crippen molar-refractivity contribution in [3.63, 3.8) is 0 Å². The topological polar surface area (TPSA) is 104 Å². The maximum Gasteiger partial charge on any atom is 0.254 e. The van der Waals surface area contributed by atoms with E-state index in [-0.39, 0.29) is 17.9 Å². The highest BCUT2D eigenvalue weighted by Crippen LogP contribution is 2.33. The number of hydrogen-bond acceptors (Lipinski definition) is 7. The minimum absolute atomic E-state index is 0.119. The average Bonchev–Trinajstić information content (AvgIpc) is 3.72. The van der Waals surface area contributed by atoms with Gasteiger partial charge >= 0.3 is 0 Å². The minimum atomic E-state index is -0.192. The van der Waals surface area contributed by atoms with Gasteiger partial charge in [-0.25, -0.2) is 4.98 Å². The van der Waals surface area contributed by atoms with Crippen molar-refractivity contribution in [2.24, 2.45) is 0 Å². The highest BCUT2D eigenvalue weighted by molar-refractivity contribution is 6.01. The number of carbonyl (C=O) groups is 2. The summed E-state index contributed by atoms with van der Waals surface area (Å²) in [5.41, 5.74) is 6.26. The van der Waals surface area contributed by atoms with Crippen molar-refractivity contribution in [1.29, 1.82) is 0 Å². The van der Waals surface area contributed by atoms with Gasteiger partial charge in [0.25, 0.3) is 11.8 Å². The molecule has 0 saturated carbocycles. The molecule has 0 radical (unpaired) electrons. The van der Waals surface area contributed by atoms with Gasteiger partial charge in [0.05, 0.1) is 5.69 Å². The molecule has 0 spiro atoms. The number of anilines is 1. The van der Waals surface area contributed by atoms with Gasteiger partial charge in [-0.05, 0) is 74.9 Å². The summed E-state index contributed by atoms with van der Waals surface area (Å²) in [5, 5.41) is 6.42. The van der Waals surface area contributed by atoms with Crippen LogP contribution < -0.4 is 15.5 Å². The van der Waals surface area contributed by atoms with Gasteiger partial charge in [-0.1, -0.05) is 55.8 Å². The molecule has 2 amide bonds. The average molecular weight is 625 g/mol. The molecule has 9 heteroatoms. The van der Waals surface area contributed by atoms with Crippen molar-refractivity contribution in [2.75, 3.05) is 38.6 Å². The SMILES string of the molecule is Cc1ccccc1.Cc1coc(C2CCCN2C(=O)c2cc(C(=O)NCCCNCc3cncc(C(C)C)c3)cc(N(C)C)c2)n1. The van der Waals surface area contributed by atoms with Crippen LogP contribution in [0.15, 0.2) is 77.7 Å². The van der Waals surface area contributed by atoms with Crippen LogP contribution in [-0.2, 0) is 6.54 Å². The molecule has 2 aromatic carbocycles. The highest BCUT2D eigenvalue weighted by atomic mass is 16.3. The van der Waals surface area contributed by atoms with Gasteiger partial charge in [0, 0.05) is 62.9 Å². The molecule has 0 bridgehead atoms. The Morgan fingerprint density at radius 3 is 2.43 bits per heavy atom. The Morgan fingerprint density at radius 2 is 1.78 bits per heavy atom. The maximum absolute atomic E-state index is 13.6. The van der Waals surface area contributed by atoms with E-state index in [1.165, 1.54) is 11.1 Å². The lowest BCUT2D eigenvalue weighted by Crippen LogP contribution is -2.32. The van der Waals surface area contributed by atoms with E-state index in [2.05, 4.69) is 59.6 Å². The number of pyridine rings is 1. The number of rotatable bonds is 11. The fourth-order valence-electron chi connectivity index (χ4n) is 5.29. The third-order valence-corrected chi connectivity index (χ3v) is 7.95. The van der Waals surface area contributed by atoms with Gasteiger partial charge < -0.3 is 24.9 Å². The number of benzene rings is 2. The summed E-state index contributed by atoms with van der Waals surface area (Å²) < 4.78 is 5.61. The molecule has 244 valence electrons. The van der Waals surface area contributed by atoms with Crippen molar-refractivity contribution in [3.8, 4) is 0 Å². The number of oxazole rings is 1. The van der Waals surface area contributed by atoms with Crippen LogP contribution in [0.4, 0.5) is 5.69 Å². The summed E-state index contributed by atoms with van der Waals surface area (Å²) in [6.07, 6.45) is 7.88. The molecule has 4 aromatic rings. The molecule has 0 aliphatic carbocycles. The van der Waals surface area contributed by atoms with Gasteiger partial charge in [0.2, 0.25) is 5.89 Å². The molecule has 9 nitrogen and oxygen atoms in total. The molecule has 46 heavy (non-hydrogen) atoms. The molecular formula is C37H48N6O3. The molecule has 3 heterocycles. The first-order valence-corrected chi connectivity index (χ1v) is 16.1.